The average molecular weight is 2030 g/mol. The molecule has 0 aliphatic heterocycles. The maximum Gasteiger partial charge on any atom is 0.416 e. The number of ether oxygens (including phenoxy) is 7. The van der Waals surface area contributed by atoms with Crippen LogP contribution in [-0.4, -0.2) is 150 Å². The number of halogens is 12. The summed E-state index contributed by atoms with van der Waals surface area (Å²) in [6.07, 6.45) is -9.11. The molecule has 4 amide bonds. The highest BCUT2D eigenvalue weighted by Gasteiger charge is 2.34. The summed E-state index contributed by atoms with van der Waals surface area (Å²) in [6, 6.07) is 50.6. The number of unbranched alkanes of at least 4 members (excludes halogenated alkanes) is 4. The number of methoxy groups -OCH3 is 3. The number of aryl methyl sites for hydroxylation is 4. The molecule has 8 aromatic carbocycles. The van der Waals surface area contributed by atoms with Crippen LogP contribution in [0.15, 0.2) is 225 Å². The van der Waals surface area contributed by atoms with Crippen LogP contribution in [0.2, 0.25) is 0 Å². The quantitative estimate of drug-likeness (QED) is 0.0104. The first-order valence-corrected chi connectivity index (χ1v) is 45.2. The second kappa shape index (κ2) is 49.5. The second-order valence-corrected chi connectivity index (χ2v) is 32.3. The number of imidazole rings is 4. The molecule has 47 heteroatoms. The Bertz CT molecular complexity index is 7130. The van der Waals surface area contributed by atoms with Crippen molar-refractivity contribution in [2.24, 2.45) is 0 Å². The fourth-order valence-electron chi connectivity index (χ4n) is 14.5. The zero-order chi connectivity index (χ0) is 104. The molecule has 16 aromatic rings. The Balaban J connectivity index is 0.000000163. The minimum atomic E-state index is -4.44. The van der Waals surface area contributed by atoms with Crippen LogP contribution in [0.25, 0.3) is 90.2 Å². The van der Waals surface area contributed by atoms with Crippen LogP contribution in [0.1, 0.15) is 95.9 Å². The fraction of sp³-hybridized carbons (Fsp3) is 0.273. The largest absolute Gasteiger partial charge is 0.497 e. The first-order chi connectivity index (χ1) is 70.0. The minimum absolute atomic E-state index is 0.0609. The molecule has 8 aromatic heterocycles. The number of carbonyl (C=O) groups is 4. The predicted molar refractivity (Wildman–Crippen MR) is 516 cm³/mol. The third kappa shape index (κ3) is 29.7. The van der Waals surface area contributed by atoms with Crippen molar-refractivity contribution in [3.63, 3.8) is 0 Å². The SMILES string of the molecule is COc1ccc(-c2nc(N)c3ncn(CCCCOC(=O)NCc4cccc(C(F)(F)F)c4)c3n2)cc1.COc1cccc(-c2nc(N)c3ncn(CCCCOC(=O)NCc4cccc(C(F)(F)F)c4)c3n2)c1.COc1ccccc1-c1nc(N)c2ncn(CCCCOC(=O)NCc3cccc(C(F)(F)F)c3)c2n1.Nc1nc(-c2ccccc2)nc2c1ncn2CCCCOC(=O)NCc1cccc(C(F)(F)F)c1. The molecule has 0 radical (unpaired) electrons. The number of nitrogens with zero attached hydrogens (tertiary/aromatic N) is 16. The highest BCUT2D eigenvalue weighted by molar-refractivity contribution is 5.87. The van der Waals surface area contributed by atoms with E-state index in [-0.39, 0.29) is 70.1 Å². The van der Waals surface area contributed by atoms with Gasteiger partial charge < -0.3 is 95.6 Å². The average Bonchev–Trinajstić information content (AvgIpc) is 1.64. The molecule has 12 N–H and O–H groups in total. The molecule has 0 bridgehead atoms. The molecule has 8 heterocycles. The highest BCUT2D eigenvalue weighted by atomic mass is 19.4. The van der Waals surface area contributed by atoms with E-state index in [1.807, 2.05) is 121 Å². The van der Waals surface area contributed by atoms with Crippen LogP contribution in [0.3, 0.4) is 0 Å². The molecule has 0 fully saturated rings. The lowest BCUT2D eigenvalue weighted by Gasteiger charge is -2.10. The normalized spacial score (nSPS) is 11.5. The summed E-state index contributed by atoms with van der Waals surface area (Å²) in [5, 5.41) is 9.84. The van der Waals surface area contributed by atoms with Crippen molar-refractivity contribution in [1.29, 1.82) is 0 Å². The molecule has 0 atom stereocenters. The van der Waals surface area contributed by atoms with Crippen LogP contribution in [0.4, 0.5) is 95.1 Å². The molecule has 35 nitrogen and oxygen atoms in total. The Morgan fingerprint density at radius 3 is 0.904 bits per heavy atom. The Morgan fingerprint density at radius 2 is 0.582 bits per heavy atom. The number of alkyl halides is 12. The first-order valence-electron chi connectivity index (χ1n) is 45.2. The number of anilines is 4. The van der Waals surface area contributed by atoms with Crippen molar-refractivity contribution in [2.75, 3.05) is 70.7 Å². The van der Waals surface area contributed by atoms with Crippen molar-refractivity contribution in [3.05, 3.63) is 270 Å². The predicted octanol–water partition coefficient (Wildman–Crippen LogP) is 19.2. The molecule has 764 valence electrons. The van der Waals surface area contributed by atoms with E-state index in [4.69, 9.17) is 56.1 Å². The van der Waals surface area contributed by atoms with E-state index < -0.39 is 71.3 Å². The molecular formula is C99H98F12N24O11. The number of carbonyl (C=O) groups excluding carboxylic acids is 4. The van der Waals surface area contributed by atoms with Gasteiger partial charge in [0.1, 0.15) is 39.3 Å². The summed E-state index contributed by atoms with van der Waals surface area (Å²) in [4.78, 5) is 101. The van der Waals surface area contributed by atoms with E-state index in [0.29, 0.717) is 191 Å². The zero-order valence-corrected chi connectivity index (χ0v) is 78.5. The summed E-state index contributed by atoms with van der Waals surface area (Å²) < 4.78 is 197. The standard InChI is InChI=1S/3C25H25F3N6O3.C24H23F3N6O2/c1-36-19-9-5-7-17(13-19)22-32-21(29)20-23(33-22)34(15-31-20)10-2-3-11-37-24(35)30-14-16-6-4-8-18(12-16)25(26,27)28;1-36-19-10-3-2-9-18(19)22-32-21(29)20-23(33-22)34(15-31-20)11-4-5-12-37-24(35)30-14-16-7-6-8-17(13-16)25(26,27)28;1-36-19-9-7-17(8-10-19)22-32-21(29)20-23(33-22)34(15-31-20)11-2-3-12-37-24(35)30-14-16-5-4-6-18(13-16)25(26,27)28;25-24(26,27)18-10-6-7-16(13-18)14-29-23(34)35-12-5-4-11-33-15-30-19-20(28)31-21(32-22(19)33)17-8-2-1-3-9-17/h4-9,12-13,15H,2-3,10-11,14H2,1H3,(H,30,35)(H2,29,32,33);2-3,6-10,13,15H,4-5,11-12,14H2,1H3,(H,30,35)(H2,29,32,33);4-10,13,15H,2-3,11-12,14H2,1H3,(H,30,35)(H2,29,32,33);1-3,6-10,13,15H,4-5,11-12,14H2,(H,29,34)(H2,28,31,32). The third-order valence-corrected chi connectivity index (χ3v) is 21.9. The first kappa shape index (κ1) is 106. The van der Waals surface area contributed by atoms with Crippen molar-refractivity contribution >= 4 is 92.3 Å². The van der Waals surface area contributed by atoms with Crippen LogP contribution in [-0.2, 0) is 96.0 Å². The molecule has 0 saturated carbocycles. The van der Waals surface area contributed by atoms with Gasteiger partial charge in [-0.3, -0.25) is 0 Å². The molecule has 0 aliphatic carbocycles. The smallest absolute Gasteiger partial charge is 0.416 e. The Labute approximate surface area is 824 Å². The third-order valence-electron chi connectivity index (χ3n) is 21.9. The number of amides is 4. The highest BCUT2D eigenvalue weighted by Crippen LogP contribution is 2.37. The summed E-state index contributed by atoms with van der Waals surface area (Å²) in [5.41, 5.74) is 30.1. The summed E-state index contributed by atoms with van der Waals surface area (Å²) >= 11 is 0. The van der Waals surface area contributed by atoms with E-state index in [9.17, 15) is 71.9 Å². The summed E-state index contributed by atoms with van der Waals surface area (Å²) in [7, 11) is 4.74. The molecule has 0 spiro atoms. The molecule has 0 unspecified atom stereocenters. The molecular weight excluding hydrogens is 1930 g/mol. The van der Waals surface area contributed by atoms with Gasteiger partial charge in [-0.05, 0) is 171 Å². The lowest BCUT2D eigenvalue weighted by molar-refractivity contribution is -0.138. The number of alkyl carbamates (subject to hydrolysis) is 4. The number of nitrogens with two attached hydrogens (primary N) is 4. The number of fused-ring (bicyclic) bond motifs is 4. The lowest BCUT2D eigenvalue weighted by Crippen LogP contribution is -2.24. The van der Waals surface area contributed by atoms with Gasteiger partial charge in [0.2, 0.25) is 0 Å². The monoisotopic (exact) mass is 2030 g/mol. The Hall–Kier alpha value is -17.2. The van der Waals surface area contributed by atoms with Gasteiger partial charge in [-0.2, -0.15) is 52.7 Å². The maximum atomic E-state index is 12.8. The van der Waals surface area contributed by atoms with E-state index in [1.165, 1.54) is 48.5 Å². The van der Waals surface area contributed by atoms with Gasteiger partial charge in [0.25, 0.3) is 0 Å². The molecule has 146 heavy (non-hydrogen) atoms. The van der Waals surface area contributed by atoms with Gasteiger partial charge in [-0.15, -0.1) is 0 Å². The Morgan fingerprint density at radius 1 is 0.295 bits per heavy atom. The number of hydrogen-bond donors (Lipinski definition) is 8. The summed E-state index contributed by atoms with van der Waals surface area (Å²) in [6.45, 7) is 2.57. The zero-order valence-electron chi connectivity index (χ0n) is 78.5. The van der Waals surface area contributed by atoms with Crippen molar-refractivity contribution in [3.8, 4) is 62.8 Å². The van der Waals surface area contributed by atoms with Gasteiger partial charge in [-0.1, -0.05) is 103 Å². The van der Waals surface area contributed by atoms with Crippen LogP contribution < -0.4 is 58.4 Å². The summed E-state index contributed by atoms with van der Waals surface area (Å²) in [5.74, 6) is 4.96. The van der Waals surface area contributed by atoms with Crippen molar-refractivity contribution < 1.29 is 105 Å². The van der Waals surface area contributed by atoms with Gasteiger partial charge in [-0.25, -0.2) is 79.0 Å². The number of nitrogen functional groups attached to an aromatic ring is 4. The number of nitrogens with one attached hydrogen (secondary N) is 4. The molecule has 16 rings (SSSR count). The van der Waals surface area contributed by atoms with E-state index in [1.54, 1.807) is 46.6 Å². The molecule has 0 saturated heterocycles. The maximum absolute atomic E-state index is 12.8. The van der Waals surface area contributed by atoms with E-state index in [2.05, 4.69) is 81.1 Å². The second-order valence-electron chi connectivity index (χ2n) is 32.3. The topological polar surface area (TPSA) is 459 Å². The number of para-hydroxylation sites is 1. The number of aromatic nitrogens is 16. The van der Waals surface area contributed by atoms with Gasteiger partial charge in [0, 0.05) is 69.0 Å². The van der Waals surface area contributed by atoms with Gasteiger partial charge in [0.05, 0.1) is 101 Å². The van der Waals surface area contributed by atoms with Crippen molar-refractivity contribution in [1.82, 2.24) is 99.3 Å². The van der Waals surface area contributed by atoms with E-state index >= 15 is 0 Å². The number of benzene rings is 8. The lowest BCUT2D eigenvalue weighted by atomic mass is 10.1. The minimum Gasteiger partial charge on any atom is -0.497 e. The fourth-order valence-corrected chi connectivity index (χ4v) is 14.5. The van der Waals surface area contributed by atoms with Gasteiger partial charge in [0.15, 0.2) is 69.2 Å². The Kier molecular flexibility index (Phi) is 36.0. The molecule has 0 aliphatic rings. The van der Waals surface area contributed by atoms with Crippen molar-refractivity contribution in [2.45, 2.75) is 128 Å². The van der Waals surface area contributed by atoms with Crippen LogP contribution in [0, 0.1) is 0 Å². The van der Waals surface area contributed by atoms with E-state index in [0.717, 1.165) is 71.0 Å². The van der Waals surface area contributed by atoms with Crippen LogP contribution >= 0.6 is 0 Å². The van der Waals surface area contributed by atoms with Gasteiger partial charge >= 0.3 is 49.1 Å². The number of hydrogen-bond acceptors (Lipinski definition) is 27. The number of rotatable bonds is 35. The van der Waals surface area contributed by atoms with Crippen LogP contribution in [0.5, 0.6) is 17.2 Å².